The average Bonchev–Trinajstić information content (AvgIpc) is 2.41. The molecule has 0 aliphatic carbocycles. The topological polar surface area (TPSA) is 61.7 Å². The van der Waals surface area contributed by atoms with E-state index < -0.39 is 0 Å². The molecular formula is C14H11BrN2O2. The Hall–Kier alpha value is -2.14. The van der Waals surface area contributed by atoms with Crippen LogP contribution in [0.5, 0.6) is 5.75 Å². The predicted molar refractivity (Wildman–Crippen MR) is 77.3 cm³/mol. The van der Waals surface area contributed by atoms with Crippen molar-refractivity contribution in [3.63, 3.8) is 0 Å². The van der Waals surface area contributed by atoms with Crippen LogP contribution < -0.4 is 5.43 Å². The van der Waals surface area contributed by atoms with E-state index in [0.717, 1.165) is 10.0 Å². The minimum atomic E-state index is -0.281. The monoisotopic (exact) mass is 318 g/mol. The molecule has 2 aromatic carbocycles. The van der Waals surface area contributed by atoms with Gasteiger partial charge in [0.05, 0.1) is 6.21 Å². The van der Waals surface area contributed by atoms with Crippen molar-refractivity contribution in [3.05, 3.63) is 64.1 Å². The molecule has 0 radical (unpaired) electrons. The average molecular weight is 319 g/mol. The molecule has 19 heavy (non-hydrogen) atoms. The van der Waals surface area contributed by atoms with E-state index in [1.54, 1.807) is 42.5 Å². The Bertz CT molecular complexity index is 609. The van der Waals surface area contributed by atoms with Gasteiger partial charge in [-0.3, -0.25) is 4.79 Å². The van der Waals surface area contributed by atoms with Crippen molar-refractivity contribution in [2.24, 2.45) is 5.10 Å². The highest BCUT2D eigenvalue weighted by Crippen LogP contribution is 2.11. The van der Waals surface area contributed by atoms with E-state index in [1.807, 2.05) is 6.07 Å². The highest BCUT2D eigenvalue weighted by molar-refractivity contribution is 9.10. The van der Waals surface area contributed by atoms with E-state index >= 15 is 0 Å². The maximum atomic E-state index is 11.8. The van der Waals surface area contributed by atoms with Gasteiger partial charge in [0.25, 0.3) is 5.91 Å². The smallest absolute Gasteiger partial charge is 0.271 e. The van der Waals surface area contributed by atoms with E-state index in [9.17, 15) is 4.79 Å². The quantitative estimate of drug-likeness (QED) is 0.675. The van der Waals surface area contributed by atoms with Crippen LogP contribution in [0, 0.1) is 0 Å². The van der Waals surface area contributed by atoms with Gasteiger partial charge in [0.15, 0.2) is 0 Å². The predicted octanol–water partition coefficient (Wildman–Crippen LogP) is 2.92. The summed E-state index contributed by atoms with van der Waals surface area (Å²) in [6.45, 7) is 0. The molecule has 0 bridgehead atoms. The number of nitrogens with one attached hydrogen (secondary N) is 1. The zero-order valence-electron chi connectivity index (χ0n) is 9.88. The maximum absolute atomic E-state index is 11.8. The fourth-order valence-electron chi connectivity index (χ4n) is 1.42. The Balaban J connectivity index is 1.98. The van der Waals surface area contributed by atoms with Crippen LogP contribution in [0.2, 0.25) is 0 Å². The molecule has 0 saturated carbocycles. The Kier molecular flexibility index (Phi) is 4.30. The second kappa shape index (κ2) is 6.15. The van der Waals surface area contributed by atoms with Crippen molar-refractivity contribution in [3.8, 4) is 5.75 Å². The summed E-state index contributed by atoms with van der Waals surface area (Å²) in [5.74, 6) is -0.0911. The molecule has 0 heterocycles. The summed E-state index contributed by atoms with van der Waals surface area (Å²) in [5, 5.41) is 13.0. The highest BCUT2D eigenvalue weighted by atomic mass is 79.9. The molecule has 5 heteroatoms. The lowest BCUT2D eigenvalue weighted by molar-refractivity contribution is 0.0955. The number of aromatic hydroxyl groups is 1. The molecule has 0 atom stereocenters. The van der Waals surface area contributed by atoms with Crippen LogP contribution in [-0.4, -0.2) is 17.2 Å². The zero-order valence-corrected chi connectivity index (χ0v) is 11.5. The Morgan fingerprint density at radius 1 is 1.21 bits per heavy atom. The lowest BCUT2D eigenvalue weighted by Crippen LogP contribution is -2.17. The van der Waals surface area contributed by atoms with Crippen LogP contribution in [0.25, 0.3) is 0 Å². The molecule has 96 valence electrons. The lowest BCUT2D eigenvalue weighted by Gasteiger charge is -2.00. The van der Waals surface area contributed by atoms with Gasteiger partial charge >= 0.3 is 0 Å². The van der Waals surface area contributed by atoms with Crippen molar-refractivity contribution in [1.29, 1.82) is 0 Å². The van der Waals surface area contributed by atoms with Gasteiger partial charge in [-0.1, -0.05) is 22.0 Å². The molecule has 2 N–H and O–H groups in total. The number of nitrogens with zero attached hydrogens (tertiary/aromatic N) is 1. The summed E-state index contributed by atoms with van der Waals surface area (Å²) in [6, 6.07) is 13.5. The molecule has 0 fully saturated rings. The number of carbonyl (C=O) groups excluding carboxylic acids is 1. The molecule has 1 amide bonds. The lowest BCUT2D eigenvalue weighted by atomic mass is 10.2. The van der Waals surface area contributed by atoms with Crippen LogP contribution in [0.4, 0.5) is 0 Å². The Morgan fingerprint density at radius 3 is 2.63 bits per heavy atom. The summed E-state index contributed by atoms with van der Waals surface area (Å²) in [5.41, 5.74) is 3.75. The summed E-state index contributed by atoms with van der Waals surface area (Å²) in [4.78, 5) is 11.8. The number of phenols is 1. The number of carbonyl (C=O) groups is 1. The zero-order chi connectivity index (χ0) is 13.7. The van der Waals surface area contributed by atoms with Crippen LogP contribution in [0.15, 0.2) is 58.1 Å². The fraction of sp³-hybridized carbons (Fsp3) is 0. The molecule has 0 aromatic heterocycles. The number of benzene rings is 2. The SMILES string of the molecule is O=C(N/N=C\c1ccc(O)cc1)c1cccc(Br)c1. The molecule has 0 aliphatic heterocycles. The van der Waals surface area contributed by atoms with Gasteiger partial charge < -0.3 is 5.11 Å². The van der Waals surface area contributed by atoms with Gasteiger partial charge in [-0.2, -0.15) is 5.10 Å². The summed E-state index contributed by atoms with van der Waals surface area (Å²) in [6.07, 6.45) is 1.51. The standard InChI is InChI=1S/C14H11BrN2O2/c15-12-3-1-2-11(8-12)14(19)17-16-9-10-4-6-13(18)7-5-10/h1-9,18H,(H,17,19)/b16-9-. The summed E-state index contributed by atoms with van der Waals surface area (Å²) < 4.78 is 0.836. The minimum Gasteiger partial charge on any atom is -0.508 e. The normalized spacial score (nSPS) is 10.6. The minimum absolute atomic E-state index is 0.190. The van der Waals surface area contributed by atoms with Gasteiger partial charge in [-0.15, -0.1) is 0 Å². The Morgan fingerprint density at radius 2 is 1.95 bits per heavy atom. The molecule has 2 aromatic rings. The molecule has 0 spiro atoms. The van der Waals surface area contributed by atoms with Crippen LogP contribution >= 0.6 is 15.9 Å². The number of hydrogen-bond donors (Lipinski definition) is 2. The first-order valence-electron chi connectivity index (χ1n) is 5.53. The van der Waals surface area contributed by atoms with Crippen molar-refractivity contribution < 1.29 is 9.90 Å². The molecule has 2 rings (SSSR count). The largest absolute Gasteiger partial charge is 0.508 e. The molecule has 0 unspecified atom stereocenters. The third-order valence-corrected chi connectivity index (χ3v) is 2.85. The molecule has 0 aliphatic rings. The number of halogens is 1. The van der Waals surface area contributed by atoms with Gasteiger partial charge in [0.1, 0.15) is 5.75 Å². The van der Waals surface area contributed by atoms with E-state index in [-0.39, 0.29) is 11.7 Å². The first kappa shape index (κ1) is 13.3. The second-order valence-corrected chi connectivity index (χ2v) is 4.72. The van der Waals surface area contributed by atoms with Crippen molar-refractivity contribution >= 4 is 28.1 Å². The Labute approximate surface area is 118 Å². The van der Waals surface area contributed by atoms with E-state index in [1.165, 1.54) is 6.21 Å². The third-order valence-electron chi connectivity index (χ3n) is 2.36. The van der Waals surface area contributed by atoms with Gasteiger partial charge in [-0.05, 0) is 48.0 Å². The highest BCUT2D eigenvalue weighted by Gasteiger charge is 2.03. The number of hydrazone groups is 1. The van der Waals surface area contributed by atoms with E-state index in [2.05, 4.69) is 26.5 Å². The van der Waals surface area contributed by atoms with Gasteiger partial charge in [0.2, 0.25) is 0 Å². The molecule has 0 saturated heterocycles. The number of hydrogen-bond acceptors (Lipinski definition) is 3. The van der Waals surface area contributed by atoms with Crippen LogP contribution in [-0.2, 0) is 0 Å². The maximum Gasteiger partial charge on any atom is 0.271 e. The fourth-order valence-corrected chi connectivity index (χ4v) is 1.82. The van der Waals surface area contributed by atoms with Crippen molar-refractivity contribution in [2.45, 2.75) is 0 Å². The number of amides is 1. The second-order valence-electron chi connectivity index (χ2n) is 3.80. The summed E-state index contributed by atoms with van der Waals surface area (Å²) in [7, 11) is 0. The van der Waals surface area contributed by atoms with Crippen LogP contribution in [0.1, 0.15) is 15.9 Å². The first-order chi connectivity index (χ1) is 9.15. The van der Waals surface area contributed by atoms with Gasteiger partial charge in [-0.25, -0.2) is 5.43 Å². The first-order valence-corrected chi connectivity index (χ1v) is 6.32. The molecule has 4 nitrogen and oxygen atoms in total. The summed E-state index contributed by atoms with van der Waals surface area (Å²) >= 11 is 3.30. The van der Waals surface area contributed by atoms with Crippen molar-refractivity contribution in [1.82, 2.24) is 5.43 Å². The van der Waals surface area contributed by atoms with E-state index in [4.69, 9.17) is 5.11 Å². The number of rotatable bonds is 3. The van der Waals surface area contributed by atoms with Crippen LogP contribution in [0.3, 0.4) is 0 Å². The number of phenolic OH excluding ortho intramolecular Hbond substituents is 1. The third kappa shape index (κ3) is 3.93. The molecular weight excluding hydrogens is 308 g/mol. The van der Waals surface area contributed by atoms with Crippen molar-refractivity contribution in [2.75, 3.05) is 0 Å². The van der Waals surface area contributed by atoms with Gasteiger partial charge in [0, 0.05) is 10.0 Å². The van der Waals surface area contributed by atoms with E-state index in [0.29, 0.717) is 5.56 Å².